The zero-order valence-corrected chi connectivity index (χ0v) is 13.0. The molecule has 0 amide bonds. The first-order valence-electron chi connectivity index (χ1n) is 7.40. The molecule has 0 spiro atoms. The molecular weight excluding hydrogens is 277 g/mol. The van der Waals surface area contributed by atoms with Crippen LogP contribution in [-0.2, 0) is 4.74 Å². The van der Waals surface area contributed by atoms with Crippen LogP contribution in [0.15, 0.2) is 12.1 Å². The molecule has 1 aliphatic rings. The minimum Gasteiger partial charge on any atom is -0.381 e. The predicted octanol–water partition coefficient (Wildman–Crippen LogP) is 4.25. The fourth-order valence-corrected chi connectivity index (χ4v) is 3.07. The Labute approximate surface area is 125 Å². The van der Waals surface area contributed by atoms with Crippen molar-refractivity contribution in [3.8, 4) is 0 Å². The molecule has 1 N–H and O–H groups in total. The second kappa shape index (κ2) is 7.39. The van der Waals surface area contributed by atoms with Crippen molar-refractivity contribution >= 4 is 11.6 Å². The van der Waals surface area contributed by atoms with Gasteiger partial charge in [-0.2, -0.15) is 0 Å². The van der Waals surface area contributed by atoms with E-state index in [1.165, 1.54) is 6.07 Å². The van der Waals surface area contributed by atoms with Crippen molar-refractivity contribution in [3.63, 3.8) is 0 Å². The van der Waals surface area contributed by atoms with Gasteiger partial charge in [0.2, 0.25) is 0 Å². The molecule has 1 aliphatic heterocycles. The topological polar surface area (TPSA) is 21.3 Å². The summed E-state index contributed by atoms with van der Waals surface area (Å²) >= 11 is 6.28. The third-order valence-electron chi connectivity index (χ3n) is 3.96. The van der Waals surface area contributed by atoms with Crippen molar-refractivity contribution in [2.24, 2.45) is 5.92 Å². The van der Waals surface area contributed by atoms with Crippen molar-refractivity contribution in [3.05, 3.63) is 34.1 Å². The number of hydrogen-bond donors (Lipinski definition) is 1. The predicted molar refractivity (Wildman–Crippen MR) is 80.7 cm³/mol. The molecule has 2 rings (SSSR count). The van der Waals surface area contributed by atoms with E-state index in [9.17, 15) is 4.39 Å². The Morgan fingerprint density at radius 1 is 1.40 bits per heavy atom. The standard InChI is InChI=1S/C16H23ClFNO/c1-3-6-19-16(12-4-7-20-8-5-12)13-9-11(2)15(18)10-14(13)17/h9-10,12,16,19H,3-8H2,1-2H3. The van der Waals surface area contributed by atoms with Crippen LogP contribution in [0.3, 0.4) is 0 Å². The highest BCUT2D eigenvalue weighted by Crippen LogP contribution is 2.35. The van der Waals surface area contributed by atoms with E-state index in [0.717, 1.165) is 44.6 Å². The van der Waals surface area contributed by atoms with Gasteiger partial charge in [-0.25, -0.2) is 4.39 Å². The van der Waals surface area contributed by atoms with Gasteiger partial charge in [0.15, 0.2) is 0 Å². The minimum absolute atomic E-state index is 0.186. The number of ether oxygens (including phenoxy) is 1. The summed E-state index contributed by atoms with van der Waals surface area (Å²) in [5.41, 5.74) is 1.67. The lowest BCUT2D eigenvalue weighted by molar-refractivity contribution is 0.0536. The van der Waals surface area contributed by atoms with Crippen LogP contribution < -0.4 is 5.32 Å². The summed E-state index contributed by atoms with van der Waals surface area (Å²) in [5, 5.41) is 4.10. The van der Waals surface area contributed by atoms with Gasteiger partial charge in [-0.05, 0) is 55.8 Å². The van der Waals surface area contributed by atoms with Crippen LogP contribution in [-0.4, -0.2) is 19.8 Å². The molecule has 20 heavy (non-hydrogen) atoms. The third kappa shape index (κ3) is 3.72. The highest BCUT2D eigenvalue weighted by atomic mass is 35.5. The second-order valence-electron chi connectivity index (χ2n) is 5.50. The minimum atomic E-state index is -0.236. The van der Waals surface area contributed by atoms with E-state index in [1.54, 1.807) is 6.92 Å². The maximum absolute atomic E-state index is 13.6. The lowest BCUT2D eigenvalue weighted by Crippen LogP contribution is -2.33. The molecule has 112 valence electrons. The van der Waals surface area contributed by atoms with Gasteiger partial charge < -0.3 is 10.1 Å². The molecule has 0 aromatic heterocycles. The van der Waals surface area contributed by atoms with Crippen LogP contribution in [0.1, 0.15) is 43.4 Å². The monoisotopic (exact) mass is 299 g/mol. The molecule has 0 bridgehead atoms. The third-order valence-corrected chi connectivity index (χ3v) is 4.29. The first kappa shape index (κ1) is 15.7. The van der Waals surface area contributed by atoms with E-state index in [2.05, 4.69) is 12.2 Å². The molecule has 0 saturated carbocycles. The van der Waals surface area contributed by atoms with Gasteiger partial charge in [-0.15, -0.1) is 0 Å². The van der Waals surface area contributed by atoms with E-state index >= 15 is 0 Å². The molecule has 4 heteroatoms. The summed E-state index contributed by atoms with van der Waals surface area (Å²) in [6.07, 6.45) is 3.11. The van der Waals surface area contributed by atoms with Gasteiger partial charge in [0.25, 0.3) is 0 Å². The molecular formula is C16H23ClFNO. The van der Waals surface area contributed by atoms with Gasteiger partial charge in [0, 0.05) is 24.3 Å². The Morgan fingerprint density at radius 3 is 2.75 bits per heavy atom. The molecule has 1 fully saturated rings. The number of halogens is 2. The lowest BCUT2D eigenvalue weighted by atomic mass is 9.86. The zero-order valence-electron chi connectivity index (χ0n) is 12.2. The zero-order chi connectivity index (χ0) is 14.5. The van der Waals surface area contributed by atoms with E-state index in [0.29, 0.717) is 16.5 Å². The summed E-state index contributed by atoms with van der Waals surface area (Å²) in [6.45, 7) is 6.47. The number of hydrogen-bond acceptors (Lipinski definition) is 2. The highest BCUT2D eigenvalue weighted by molar-refractivity contribution is 6.31. The molecule has 1 aromatic carbocycles. The Hall–Kier alpha value is -0.640. The van der Waals surface area contributed by atoms with Gasteiger partial charge in [-0.1, -0.05) is 24.6 Å². The van der Waals surface area contributed by atoms with Gasteiger partial charge in [0.1, 0.15) is 5.82 Å². The molecule has 0 aliphatic carbocycles. The van der Waals surface area contributed by atoms with Crippen LogP contribution in [0.4, 0.5) is 4.39 Å². The molecule has 1 aromatic rings. The van der Waals surface area contributed by atoms with Crippen LogP contribution in [0.25, 0.3) is 0 Å². The maximum Gasteiger partial charge on any atom is 0.127 e. The summed E-state index contributed by atoms with van der Waals surface area (Å²) in [4.78, 5) is 0. The van der Waals surface area contributed by atoms with E-state index in [-0.39, 0.29) is 11.9 Å². The molecule has 2 nitrogen and oxygen atoms in total. The van der Waals surface area contributed by atoms with Crippen molar-refractivity contribution < 1.29 is 9.13 Å². The molecule has 0 radical (unpaired) electrons. The highest BCUT2D eigenvalue weighted by Gasteiger charge is 2.27. The Kier molecular flexibility index (Phi) is 5.82. The summed E-state index contributed by atoms with van der Waals surface area (Å²) < 4.78 is 19.0. The SMILES string of the molecule is CCCNC(c1cc(C)c(F)cc1Cl)C1CCOCC1. The second-order valence-corrected chi connectivity index (χ2v) is 5.91. The van der Waals surface area contributed by atoms with Crippen LogP contribution in [0, 0.1) is 18.7 Å². The van der Waals surface area contributed by atoms with Gasteiger partial charge in [-0.3, -0.25) is 0 Å². The first-order valence-corrected chi connectivity index (χ1v) is 7.78. The Bertz CT molecular complexity index is 446. The van der Waals surface area contributed by atoms with Crippen molar-refractivity contribution in [1.82, 2.24) is 5.32 Å². The summed E-state index contributed by atoms with van der Waals surface area (Å²) in [5.74, 6) is 0.262. The quantitative estimate of drug-likeness (QED) is 0.877. The van der Waals surface area contributed by atoms with Crippen molar-refractivity contribution in [2.75, 3.05) is 19.8 Å². The van der Waals surface area contributed by atoms with Crippen LogP contribution in [0.2, 0.25) is 5.02 Å². The van der Waals surface area contributed by atoms with E-state index in [1.807, 2.05) is 6.07 Å². The number of nitrogens with one attached hydrogen (secondary N) is 1. The Balaban J connectivity index is 2.27. The number of rotatable bonds is 5. The van der Waals surface area contributed by atoms with Crippen molar-refractivity contribution in [1.29, 1.82) is 0 Å². The fourth-order valence-electron chi connectivity index (χ4n) is 2.80. The smallest absolute Gasteiger partial charge is 0.127 e. The molecule has 1 saturated heterocycles. The summed E-state index contributed by atoms with van der Waals surface area (Å²) in [6, 6.07) is 3.51. The van der Waals surface area contributed by atoms with Crippen LogP contribution >= 0.6 is 11.6 Å². The largest absolute Gasteiger partial charge is 0.381 e. The average Bonchev–Trinajstić information content (AvgIpc) is 2.45. The maximum atomic E-state index is 13.6. The molecule has 1 unspecified atom stereocenters. The number of aryl methyl sites for hydroxylation is 1. The number of benzene rings is 1. The van der Waals surface area contributed by atoms with E-state index in [4.69, 9.17) is 16.3 Å². The van der Waals surface area contributed by atoms with Crippen molar-refractivity contribution in [2.45, 2.75) is 39.2 Å². The molecule has 1 heterocycles. The first-order chi connectivity index (χ1) is 9.63. The van der Waals surface area contributed by atoms with E-state index < -0.39 is 0 Å². The van der Waals surface area contributed by atoms with Gasteiger partial charge >= 0.3 is 0 Å². The molecule has 1 atom stereocenters. The summed E-state index contributed by atoms with van der Waals surface area (Å²) in [7, 11) is 0. The average molecular weight is 300 g/mol. The fraction of sp³-hybridized carbons (Fsp3) is 0.625. The Morgan fingerprint density at radius 2 is 2.10 bits per heavy atom. The van der Waals surface area contributed by atoms with Gasteiger partial charge in [0.05, 0.1) is 0 Å². The van der Waals surface area contributed by atoms with Crippen LogP contribution in [0.5, 0.6) is 0 Å². The lowest BCUT2D eigenvalue weighted by Gasteiger charge is -2.32. The normalized spacial score (nSPS) is 18.2.